The summed E-state index contributed by atoms with van der Waals surface area (Å²) in [5.41, 5.74) is 0.501. The molecule has 0 N–H and O–H groups in total. The van der Waals surface area contributed by atoms with E-state index in [1.54, 1.807) is 18.2 Å². The summed E-state index contributed by atoms with van der Waals surface area (Å²) in [6, 6.07) is 6.36. The van der Waals surface area contributed by atoms with E-state index in [0.29, 0.717) is 11.8 Å². The van der Waals surface area contributed by atoms with Crippen molar-refractivity contribution in [1.29, 1.82) is 0 Å². The molecule has 0 heterocycles. The molecule has 0 saturated carbocycles. The van der Waals surface area contributed by atoms with Crippen LogP contribution in [-0.2, 0) is 16.0 Å². The number of benzene rings is 1. The lowest BCUT2D eigenvalue weighted by Crippen LogP contribution is -2.16. The molecular weight excluding hydrogens is 171 g/mol. The molecule has 1 aromatic rings. The molecule has 0 aliphatic carbocycles. The number of rotatable bonds is 4. The smallest absolute Gasteiger partial charge is 0.149 e. The highest BCUT2D eigenvalue weighted by molar-refractivity contribution is 5.56. The van der Waals surface area contributed by atoms with Crippen molar-refractivity contribution in [2.24, 2.45) is 0 Å². The van der Waals surface area contributed by atoms with Crippen LogP contribution in [0.25, 0.3) is 0 Å². The minimum absolute atomic E-state index is 0.284. The van der Waals surface area contributed by atoms with Crippen LogP contribution >= 0.6 is 0 Å². The Kier molecular flexibility index (Phi) is 3.58. The summed E-state index contributed by atoms with van der Waals surface area (Å²) in [7, 11) is 1.43. The second-order valence-electron chi connectivity index (χ2n) is 2.71. The van der Waals surface area contributed by atoms with Crippen LogP contribution in [0, 0.1) is 5.82 Å². The minimum atomic E-state index is -0.558. The van der Waals surface area contributed by atoms with E-state index in [2.05, 4.69) is 0 Å². The van der Waals surface area contributed by atoms with E-state index < -0.39 is 6.10 Å². The third-order valence-electron chi connectivity index (χ3n) is 1.83. The topological polar surface area (TPSA) is 26.3 Å². The van der Waals surface area contributed by atoms with Crippen LogP contribution in [0.15, 0.2) is 24.3 Å². The number of hydrogen-bond acceptors (Lipinski definition) is 2. The first-order chi connectivity index (χ1) is 6.27. The summed E-state index contributed by atoms with van der Waals surface area (Å²) in [6.07, 6.45) is 0.399. The Labute approximate surface area is 76.3 Å². The molecule has 1 unspecified atom stereocenters. The van der Waals surface area contributed by atoms with Crippen molar-refractivity contribution in [1.82, 2.24) is 0 Å². The molecule has 1 rings (SSSR count). The maximum Gasteiger partial charge on any atom is 0.149 e. The van der Waals surface area contributed by atoms with Crippen molar-refractivity contribution >= 4 is 6.29 Å². The Hall–Kier alpha value is -1.22. The van der Waals surface area contributed by atoms with Gasteiger partial charge in [0.05, 0.1) is 0 Å². The lowest BCUT2D eigenvalue weighted by Gasteiger charge is -2.08. The van der Waals surface area contributed by atoms with Gasteiger partial charge in [0, 0.05) is 13.5 Å². The van der Waals surface area contributed by atoms with Gasteiger partial charge in [-0.25, -0.2) is 4.39 Å². The minimum Gasteiger partial charge on any atom is -0.374 e. The highest BCUT2D eigenvalue weighted by atomic mass is 19.1. The van der Waals surface area contributed by atoms with E-state index in [1.807, 2.05) is 0 Å². The van der Waals surface area contributed by atoms with Gasteiger partial charge < -0.3 is 9.53 Å². The first kappa shape index (κ1) is 9.86. The zero-order valence-corrected chi connectivity index (χ0v) is 7.37. The molecule has 0 aliphatic heterocycles. The lowest BCUT2D eigenvalue weighted by atomic mass is 10.1. The second-order valence-corrected chi connectivity index (χ2v) is 2.71. The van der Waals surface area contributed by atoms with Crippen LogP contribution in [-0.4, -0.2) is 19.5 Å². The Morgan fingerprint density at radius 3 is 2.77 bits per heavy atom. The normalized spacial score (nSPS) is 12.5. The number of halogens is 1. The van der Waals surface area contributed by atoms with Crippen LogP contribution in [0.1, 0.15) is 5.56 Å². The fourth-order valence-electron chi connectivity index (χ4n) is 1.07. The molecule has 3 heteroatoms. The van der Waals surface area contributed by atoms with Crippen molar-refractivity contribution in [2.45, 2.75) is 12.5 Å². The molecule has 0 radical (unpaired) electrons. The van der Waals surface area contributed by atoms with Gasteiger partial charge in [-0.1, -0.05) is 18.2 Å². The fraction of sp³-hybridized carbons (Fsp3) is 0.300. The molecular formula is C10H11FO2. The van der Waals surface area contributed by atoms with Crippen molar-refractivity contribution < 1.29 is 13.9 Å². The molecule has 0 bridgehead atoms. The highest BCUT2D eigenvalue weighted by Gasteiger charge is 2.09. The maximum absolute atomic E-state index is 13.1. The second kappa shape index (κ2) is 4.72. The van der Waals surface area contributed by atoms with Gasteiger partial charge in [0.2, 0.25) is 0 Å². The summed E-state index contributed by atoms with van der Waals surface area (Å²) >= 11 is 0. The monoisotopic (exact) mass is 182 g/mol. The van der Waals surface area contributed by atoms with Gasteiger partial charge in [-0.3, -0.25) is 0 Å². The molecule has 1 atom stereocenters. The van der Waals surface area contributed by atoms with E-state index in [1.165, 1.54) is 13.2 Å². The number of ether oxygens (including phenoxy) is 1. The zero-order valence-electron chi connectivity index (χ0n) is 7.37. The Morgan fingerprint density at radius 2 is 2.23 bits per heavy atom. The molecule has 13 heavy (non-hydrogen) atoms. The van der Waals surface area contributed by atoms with Crippen LogP contribution in [0.5, 0.6) is 0 Å². The lowest BCUT2D eigenvalue weighted by molar-refractivity contribution is -0.116. The number of carbonyl (C=O) groups is 1. The maximum atomic E-state index is 13.1. The first-order valence-electron chi connectivity index (χ1n) is 3.99. The third kappa shape index (κ3) is 2.63. The van der Waals surface area contributed by atoms with Gasteiger partial charge >= 0.3 is 0 Å². The van der Waals surface area contributed by atoms with Crippen molar-refractivity contribution in [3.05, 3.63) is 35.6 Å². The third-order valence-corrected chi connectivity index (χ3v) is 1.83. The van der Waals surface area contributed by atoms with Gasteiger partial charge in [-0.15, -0.1) is 0 Å². The molecule has 70 valence electrons. The zero-order chi connectivity index (χ0) is 9.68. The van der Waals surface area contributed by atoms with Crippen LogP contribution in [0.2, 0.25) is 0 Å². The van der Waals surface area contributed by atoms with Gasteiger partial charge in [0.25, 0.3) is 0 Å². The standard InChI is InChI=1S/C10H11FO2/c1-13-9(7-12)6-8-4-2-3-5-10(8)11/h2-5,7,9H,6H2,1H3. The SMILES string of the molecule is COC(C=O)Cc1ccccc1F. The molecule has 0 saturated heterocycles. The van der Waals surface area contributed by atoms with Crippen LogP contribution in [0.4, 0.5) is 4.39 Å². The van der Waals surface area contributed by atoms with Crippen molar-refractivity contribution in [3.63, 3.8) is 0 Å². The van der Waals surface area contributed by atoms with Crippen molar-refractivity contribution in [2.75, 3.05) is 7.11 Å². The summed E-state index contributed by atoms with van der Waals surface area (Å²) in [5.74, 6) is -0.300. The molecule has 0 aromatic heterocycles. The fourth-order valence-corrected chi connectivity index (χ4v) is 1.07. The van der Waals surface area contributed by atoms with Crippen LogP contribution in [0.3, 0.4) is 0 Å². The molecule has 0 fully saturated rings. The average molecular weight is 182 g/mol. The number of aldehydes is 1. The molecule has 0 spiro atoms. The Bertz CT molecular complexity index is 286. The molecule has 1 aromatic carbocycles. The summed E-state index contributed by atoms with van der Waals surface area (Å²) in [4.78, 5) is 10.4. The van der Waals surface area contributed by atoms with Gasteiger partial charge in [0.1, 0.15) is 18.2 Å². The number of methoxy groups -OCH3 is 1. The van der Waals surface area contributed by atoms with Crippen molar-refractivity contribution in [3.8, 4) is 0 Å². The summed E-state index contributed by atoms with van der Waals surface area (Å²) in [5, 5.41) is 0. The average Bonchev–Trinajstić information content (AvgIpc) is 2.17. The molecule has 0 amide bonds. The Morgan fingerprint density at radius 1 is 1.54 bits per heavy atom. The van der Waals surface area contributed by atoms with Gasteiger partial charge in [0.15, 0.2) is 0 Å². The van der Waals surface area contributed by atoms with Gasteiger partial charge in [-0.05, 0) is 11.6 Å². The quantitative estimate of drug-likeness (QED) is 0.661. The molecule has 2 nitrogen and oxygen atoms in total. The van der Waals surface area contributed by atoms with E-state index >= 15 is 0 Å². The largest absolute Gasteiger partial charge is 0.374 e. The highest BCUT2D eigenvalue weighted by Crippen LogP contribution is 2.09. The predicted octanol–water partition coefficient (Wildman–Crippen LogP) is 1.58. The van der Waals surface area contributed by atoms with E-state index in [0.717, 1.165) is 0 Å². The van der Waals surface area contributed by atoms with E-state index in [-0.39, 0.29) is 12.2 Å². The summed E-state index contributed by atoms with van der Waals surface area (Å²) < 4.78 is 17.9. The van der Waals surface area contributed by atoms with Crippen LogP contribution < -0.4 is 0 Å². The number of hydrogen-bond donors (Lipinski definition) is 0. The summed E-state index contributed by atoms with van der Waals surface area (Å²) in [6.45, 7) is 0. The van der Waals surface area contributed by atoms with E-state index in [4.69, 9.17) is 4.74 Å². The van der Waals surface area contributed by atoms with E-state index in [9.17, 15) is 9.18 Å². The predicted molar refractivity (Wildman–Crippen MR) is 47.0 cm³/mol. The number of carbonyl (C=O) groups excluding carboxylic acids is 1. The molecule has 0 aliphatic rings. The Balaban J connectivity index is 2.73. The first-order valence-corrected chi connectivity index (χ1v) is 3.99. The van der Waals surface area contributed by atoms with Gasteiger partial charge in [-0.2, -0.15) is 0 Å².